The molecule has 2 rings (SSSR count). The van der Waals surface area contributed by atoms with Gasteiger partial charge in [0.15, 0.2) is 0 Å². The molecule has 0 unspecified atom stereocenters. The Balaban J connectivity index is 2.77. The first-order valence-corrected chi connectivity index (χ1v) is 8.63. The standard InChI is InChI=1S/C22H26O4/c1-15(23)25-21(3,4)19-14-10-13-18(17-11-8-7-9-12-17)20(19)22(5,6)26-16(2)24/h7-14H,1-6H3. The van der Waals surface area contributed by atoms with Crippen LogP contribution in [0.15, 0.2) is 48.5 Å². The van der Waals surface area contributed by atoms with Crippen molar-refractivity contribution in [3.63, 3.8) is 0 Å². The summed E-state index contributed by atoms with van der Waals surface area (Å²) in [5.74, 6) is -0.731. The summed E-state index contributed by atoms with van der Waals surface area (Å²) < 4.78 is 11.2. The van der Waals surface area contributed by atoms with Gasteiger partial charge in [0.2, 0.25) is 0 Å². The molecule has 0 saturated carbocycles. The first kappa shape index (κ1) is 19.7. The lowest BCUT2D eigenvalue weighted by molar-refractivity contribution is -0.158. The molecule has 4 nitrogen and oxygen atoms in total. The van der Waals surface area contributed by atoms with Crippen LogP contribution in [-0.2, 0) is 30.3 Å². The lowest BCUT2D eigenvalue weighted by Gasteiger charge is -2.35. The molecule has 0 aliphatic heterocycles. The van der Waals surface area contributed by atoms with E-state index in [1.165, 1.54) is 13.8 Å². The minimum atomic E-state index is -0.898. The smallest absolute Gasteiger partial charge is 0.303 e. The monoisotopic (exact) mass is 354 g/mol. The van der Waals surface area contributed by atoms with Gasteiger partial charge >= 0.3 is 11.9 Å². The van der Waals surface area contributed by atoms with E-state index in [0.29, 0.717) is 0 Å². The van der Waals surface area contributed by atoms with Crippen molar-refractivity contribution in [3.8, 4) is 11.1 Å². The summed E-state index contributed by atoms with van der Waals surface area (Å²) in [7, 11) is 0. The normalized spacial score (nSPS) is 11.8. The van der Waals surface area contributed by atoms with Gasteiger partial charge in [-0.15, -0.1) is 0 Å². The molecule has 26 heavy (non-hydrogen) atoms. The second kappa shape index (κ2) is 7.32. The van der Waals surface area contributed by atoms with E-state index in [-0.39, 0.29) is 11.9 Å². The van der Waals surface area contributed by atoms with Crippen LogP contribution in [0.25, 0.3) is 11.1 Å². The second-order valence-electron chi connectivity index (χ2n) is 7.30. The Morgan fingerprint density at radius 1 is 0.731 bits per heavy atom. The van der Waals surface area contributed by atoms with Gasteiger partial charge in [-0.05, 0) is 38.8 Å². The van der Waals surface area contributed by atoms with Crippen molar-refractivity contribution in [3.05, 3.63) is 59.7 Å². The van der Waals surface area contributed by atoms with Crippen LogP contribution >= 0.6 is 0 Å². The topological polar surface area (TPSA) is 52.6 Å². The molecule has 138 valence electrons. The van der Waals surface area contributed by atoms with Gasteiger partial charge in [-0.1, -0.05) is 48.5 Å². The molecule has 0 amide bonds. The van der Waals surface area contributed by atoms with Gasteiger partial charge in [-0.2, -0.15) is 0 Å². The Morgan fingerprint density at radius 3 is 1.81 bits per heavy atom. The fraction of sp³-hybridized carbons (Fsp3) is 0.364. The molecule has 0 aromatic heterocycles. The zero-order chi connectivity index (χ0) is 19.5. The van der Waals surface area contributed by atoms with Crippen molar-refractivity contribution in [2.45, 2.75) is 52.7 Å². The third kappa shape index (κ3) is 4.31. The molecule has 0 radical (unpaired) electrons. The number of benzene rings is 2. The van der Waals surface area contributed by atoms with Crippen molar-refractivity contribution in [1.29, 1.82) is 0 Å². The van der Waals surface area contributed by atoms with Crippen molar-refractivity contribution in [2.24, 2.45) is 0 Å². The predicted molar refractivity (Wildman–Crippen MR) is 101 cm³/mol. The first-order valence-electron chi connectivity index (χ1n) is 8.63. The molecule has 2 aromatic rings. The summed E-state index contributed by atoms with van der Waals surface area (Å²) >= 11 is 0. The van der Waals surface area contributed by atoms with Gasteiger partial charge in [-0.25, -0.2) is 0 Å². The summed E-state index contributed by atoms with van der Waals surface area (Å²) in [6, 6.07) is 15.7. The van der Waals surface area contributed by atoms with Crippen LogP contribution in [0.4, 0.5) is 0 Å². The molecule has 0 N–H and O–H groups in total. The van der Waals surface area contributed by atoms with Crippen molar-refractivity contribution < 1.29 is 19.1 Å². The zero-order valence-electron chi connectivity index (χ0n) is 16.3. The molecule has 0 bridgehead atoms. The fourth-order valence-electron chi connectivity index (χ4n) is 3.39. The number of rotatable bonds is 5. The first-order chi connectivity index (χ1) is 12.0. The maximum Gasteiger partial charge on any atom is 0.303 e. The SMILES string of the molecule is CC(=O)OC(C)(C)c1cccc(-c2ccccc2)c1C(C)(C)OC(C)=O. The number of carbonyl (C=O) groups excluding carboxylic acids is 2. The lowest BCUT2D eigenvalue weighted by atomic mass is 9.80. The third-order valence-corrected chi connectivity index (χ3v) is 4.20. The van der Waals surface area contributed by atoms with Crippen LogP contribution in [0.1, 0.15) is 52.7 Å². The molecule has 0 spiro atoms. The van der Waals surface area contributed by atoms with Gasteiger partial charge in [0.1, 0.15) is 11.2 Å². The molecule has 0 aliphatic carbocycles. The number of esters is 2. The van der Waals surface area contributed by atoms with E-state index in [4.69, 9.17) is 9.47 Å². The second-order valence-corrected chi connectivity index (χ2v) is 7.30. The largest absolute Gasteiger partial charge is 0.455 e. The summed E-state index contributed by atoms with van der Waals surface area (Å²) in [5, 5.41) is 0. The minimum Gasteiger partial charge on any atom is -0.455 e. The zero-order valence-corrected chi connectivity index (χ0v) is 16.3. The van der Waals surface area contributed by atoms with E-state index in [1.807, 2.05) is 76.2 Å². The van der Waals surface area contributed by atoms with Gasteiger partial charge in [0.25, 0.3) is 0 Å². The highest BCUT2D eigenvalue weighted by molar-refractivity contribution is 5.73. The molecule has 0 fully saturated rings. The van der Waals surface area contributed by atoms with E-state index >= 15 is 0 Å². The average Bonchev–Trinajstić information content (AvgIpc) is 2.52. The molecule has 4 heteroatoms. The van der Waals surface area contributed by atoms with Crippen molar-refractivity contribution in [1.82, 2.24) is 0 Å². The van der Waals surface area contributed by atoms with Gasteiger partial charge < -0.3 is 9.47 Å². The molecular formula is C22H26O4. The maximum atomic E-state index is 11.7. The molecular weight excluding hydrogens is 328 g/mol. The quantitative estimate of drug-likeness (QED) is 0.713. The van der Waals surface area contributed by atoms with Crippen LogP contribution in [0.3, 0.4) is 0 Å². The van der Waals surface area contributed by atoms with Gasteiger partial charge in [0.05, 0.1) is 0 Å². The number of hydrogen-bond acceptors (Lipinski definition) is 4. The highest BCUT2D eigenvalue weighted by Crippen LogP contribution is 2.41. The number of hydrogen-bond donors (Lipinski definition) is 0. The van der Waals surface area contributed by atoms with Crippen LogP contribution in [-0.4, -0.2) is 11.9 Å². The Hall–Kier alpha value is -2.62. The highest BCUT2D eigenvalue weighted by Gasteiger charge is 2.36. The van der Waals surface area contributed by atoms with Crippen LogP contribution in [0, 0.1) is 0 Å². The lowest BCUT2D eigenvalue weighted by Crippen LogP contribution is -2.33. The Labute approximate surface area is 155 Å². The van der Waals surface area contributed by atoms with E-state index in [0.717, 1.165) is 22.3 Å². The Bertz CT molecular complexity index is 804. The van der Waals surface area contributed by atoms with E-state index in [1.54, 1.807) is 0 Å². The van der Waals surface area contributed by atoms with E-state index in [9.17, 15) is 9.59 Å². The maximum absolute atomic E-state index is 11.7. The fourth-order valence-corrected chi connectivity index (χ4v) is 3.39. The summed E-state index contributed by atoms with van der Waals surface area (Å²) in [4.78, 5) is 23.3. The van der Waals surface area contributed by atoms with Crippen LogP contribution < -0.4 is 0 Å². The predicted octanol–water partition coefficient (Wildman–Crippen LogP) is 4.95. The Kier molecular flexibility index (Phi) is 5.55. The number of ether oxygens (including phenoxy) is 2. The summed E-state index contributed by atoms with van der Waals surface area (Å²) in [6.07, 6.45) is 0. The third-order valence-electron chi connectivity index (χ3n) is 4.20. The molecule has 0 atom stereocenters. The minimum absolute atomic E-state index is 0.364. The molecule has 0 aliphatic rings. The molecule has 0 heterocycles. The highest BCUT2D eigenvalue weighted by atomic mass is 16.6. The Morgan fingerprint density at radius 2 is 1.27 bits per heavy atom. The van der Waals surface area contributed by atoms with E-state index in [2.05, 4.69) is 0 Å². The van der Waals surface area contributed by atoms with E-state index < -0.39 is 11.2 Å². The van der Waals surface area contributed by atoms with Gasteiger partial charge in [-0.3, -0.25) is 9.59 Å². The summed E-state index contributed by atoms with van der Waals surface area (Å²) in [5.41, 5.74) is 1.81. The van der Waals surface area contributed by atoms with Crippen LogP contribution in [0.5, 0.6) is 0 Å². The average molecular weight is 354 g/mol. The van der Waals surface area contributed by atoms with Crippen molar-refractivity contribution in [2.75, 3.05) is 0 Å². The summed E-state index contributed by atoms with van der Waals surface area (Å²) in [6.45, 7) is 10.2. The van der Waals surface area contributed by atoms with Gasteiger partial charge in [0, 0.05) is 25.0 Å². The number of carbonyl (C=O) groups is 2. The molecule has 2 aromatic carbocycles. The molecule has 0 saturated heterocycles. The van der Waals surface area contributed by atoms with Crippen LogP contribution in [0.2, 0.25) is 0 Å². The van der Waals surface area contributed by atoms with Crippen molar-refractivity contribution >= 4 is 11.9 Å².